The molecule has 0 bridgehead atoms. The van der Waals surface area contributed by atoms with Gasteiger partial charge in [0.25, 0.3) is 0 Å². The van der Waals surface area contributed by atoms with Crippen molar-refractivity contribution in [1.82, 2.24) is 15.5 Å². The second kappa shape index (κ2) is 9.26. The van der Waals surface area contributed by atoms with Gasteiger partial charge in [0.1, 0.15) is 0 Å². The van der Waals surface area contributed by atoms with E-state index in [0.717, 1.165) is 31.5 Å². The molecule has 1 aliphatic carbocycles. The molecule has 5 heteroatoms. The molecule has 1 aromatic carbocycles. The second-order valence-electron chi connectivity index (χ2n) is 7.84. The first-order valence-corrected chi connectivity index (χ1v) is 10.2. The Balaban J connectivity index is 1.27. The number of aliphatic imine (C=N–C) groups is 1. The number of nitrogens with one attached hydrogen (secondary N) is 2. The van der Waals surface area contributed by atoms with Crippen LogP contribution < -0.4 is 15.5 Å². The van der Waals surface area contributed by atoms with Gasteiger partial charge in [0.2, 0.25) is 0 Å². The van der Waals surface area contributed by atoms with Crippen molar-refractivity contribution in [3.05, 3.63) is 29.8 Å². The van der Waals surface area contributed by atoms with Crippen molar-refractivity contribution in [3.63, 3.8) is 0 Å². The van der Waals surface area contributed by atoms with Crippen LogP contribution in [0.3, 0.4) is 0 Å². The van der Waals surface area contributed by atoms with Crippen LogP contribution in [0, 0.1) is 12.8 Å². The van der Waals surface area contributed by atoms with E-state index in [0.29, 0.717) is 6.04 Å². The SMILES string of the molecule is CN=C(NCCCCN1CCN(c2cccc(C)c2)CC1)NC1CC1C. The van der Waals surface area contributed by atoms with E-state index in [1.165, 1.54) is 50.1 Å². The Bertz CT molecular complexity index is 592. The van der Waals surface area contributed by atoms with Crippen LogP contribution in [0.1, 0.15) is 31.7 Å². The summed E-state index contributed by atoms with van der Waals surface area (Å²) >= 11 is 0. The van der Waals surface area contributed by atoms with Crippen molar-refractivity contribution in [3.8, 4) is 0 Å². The van der Waals surface area contributed by atoms with E-state index >= 15 is 0 Å². The Labute approximate surface area is 158 Å². The molecule has 0 aromatic heterocycles. The van der Waals surface area contributed by atoms with Crippen LogP contribution in [0.4, 0.5) is 5.69 Å². The zero-order valence-electron chi connectivity index (χ0n) is 16.7. The zero-order chi connectivity index (χ0) is 18.4. The number of guanidine groups is 1. The molecule has 0 spiro atoms. The molecule has 0 radical (unpaired) electrons. The van der Waals surface area contributed by atoms with Crippen molar-refractivity contribution in [2.24, 2.45) is 10.9 Å². The molecular weight excluding hydrogens is 322 g/mol. The highest BCUT2D eigenvalue weighted by atomic mass is 15.3. The Kier molecular flexibility index (Phi) is 6.78. The smallest absolute Gasteiger partial charge is 0.191 e. The third kappa shape index (κ3) is 5.63. The zero-order valence-corrected chi connectivity index (χ0v) is 16.7. The summed E-state index contributed by atoms with van der Waals surface area (Å²) in [6.45, 7) is 11.3. The predicted octanol–water partition coefficient (Wildman–Crippen LogP) is 2.47. The van der Waals surface area contributed by atoms with Gasteiger partial charge in [0.15, 0.2) is 5.96 Å². The summed E-state index contributed by atoms with van der Waals surface area (Å²) in [7, 11) is 1.86. The van der Waals surface area contributed by atoms with E-state index in [-0.39, 0.29) is 0 Å². The third-order valence-corrected chi connectivity index (χ3v) is 5.59. The highest BCUT2D eigenvalue weighted by molar-refractivity contribution is 5.80. The fourth-order valence-corrected chi connectivity index (χ4v) is 3.61. The number of rotatable bonds is 7. The van der Waals surface area contributed by atoms with Crippen LogP contribution in [-0.2, 0) is 0 Å². The molecule has 1 aromatic rings. The third-order valence-electron chi connectivity index (χ3n) is 5.59. The number of unbranched alkanes of at least 4 members (excludes halogenated alkanes) is 1. The van der Waals surface area contributed by atoms with Gasteiger partial charge in [-0.05, 0) is 56.3 Å². The van der Waals surface area contributed by atoms with Gasteiger partial charge in [-0.1, -0.05) is 19.1 Å². The van der Waals surface area contributed by atoms with E-state index in [2.05, 4.69) is 63.5 Å². The van der Waals surface area contributed by atoms with Gasteiger partial charge < -0.3 is 15.5 Å². The first kappa shape index (κ1) is 19.0. The molecule has 2 atom stereocenters. The Morgan fingerprint density at radius 2 is 1.96 bits per heavy atom. The molecule has 26 heavy (non-hydrogen) atoms. The Morgan fingerprint density at radius 3 is 2.62 bits per heavy atom. The summed E-state index contributed by atoms with van der Waals surface area (Å²) in [5.74, 6) is 1.76. The molecule has 5 nitrogen and oxygen atoms in total. The van der Waals surface area contributed by atoms with Crippen LogP contribution in [-0.4, -0.2) is 63.2 Å². The highest BCUT2D eigenvalue weighted by Gasteiger charge is 2.33. The number of piperazine rings is 1. The van der Waals surface area contributed by atoms with Crippen molar-refractivity contribution in [2.75, 3.05) is 51.2 Å². The average Bonchev–Trinajstić information content (AvgIpc) is 3.35. The van der Waals surface area contributed by atoms with Gasteiger partial charge >= 0.3 is 0 Å². The maximum atomic E-state index is 4.31. The van der Waals surface area contributed by atoms with Crippen molar-refractivity contribution >= 4 is 11.6 Å². The molecule has 0 amide bonds. The topological polar surface area (TPSA) is 42.9 Å². The maximum absolute atomic E-state index is 4.31. The molecular formula is C21H35N5. The molecule has 2 unspecified atom stereocenters. The van der Waals surface area contributed by atoms with E-state index in [9.17, 15) is 0 Å². The van der Waals surface area contributed by atoms with Gasteiger partial charge in [-0.2, -0.15) is 0 Å². The first-order chi connectivity index (χ1) is 12.7. The van der Waals surface area contributed by atoms with E-state index in [1.54, 1.807) is 0 Å². The van der Waals surface area contributed by atoms with Crippen LogP contribution in [0.2, 0.25) is 0 Å². The van der Waals surface area contributed by atoms with Crippen LogP contribution in [0.5, 0.6) is 0 Å². The quantitative estimate of drug-likeness (QED) is 0.447. The molecule has 3 rings (SSSR count). The molecule has 144 valence electrons. The summed E-state index contributed by atoms with van der Waals surface area (Å²) in [5.41, 5.74) is 2.72. The lowest BCUT2D eigenvalue weighted by Crippen LogP contribution is -2.46. The standard InChI is InChI=1S/C21H35N5/c1-17-7-6-8-19(15-17)26-13-11-25(12-14-26)10-5-4-9-23-21(22-3)24-20-16-18(20)2/h6-8,15,18,20H,4-5,9-14,16H2,1-3H3,(H2,22,23,24). The minimum Gasteiger partial charge on any atom is -0.369 e. The minimum atomic E-state index is 0.630. The van der Waals surface area contributed by atoms with E-state index in [4.69, 9.17) is 0 Å². The number of anilines is 1. The second-order valence-corrected chi connectivity index (χ2v) is 7.84. The van der Waals surface area contributed by atoms with Gasteiger partial charge in [-0.3, -0.25) is 9.89 Å². The van der Waals surface area contributed by atoms with Gasteiger partial charge in [0, 0.05) is 51.5 Å². The lowest BCUT2D eigenvalue weighted by Gasteiger charge is -2.36. The summed E-state index contributed by atoms with van der Waals surface area (Å²) in [5, 5.41) is 6.92. The van der Waals surface area contributed by atoms with Crippen molar-refractivity contribution < 1.29 is 0 Å². The first-order valence-electron chi connectivity index (χ1n) is 10.2. The Hall–Kier alpha value is -1.75. The number of hydrogen-bond acceptors (Lipinski definition) is 3. The van der Waals surface area contributed by atoms with Crippen LogP contribution >= 0.6 is 0 Å². The molecule has 1 aliphatic heterocycles. The summed E-state index contributed by atoms with van der Waals surface area (Å²) in [6.07, 6.45) is 3.71. The number of benzene rings is 1. The lowest BCUT2D eigenvalue weighted by atomic mass is 10.2. The molecule has 1 heterocycles. The number of aryl methyl sites for hydroxylation is 1. The van der Waals surface area contributed by atoms with Crippen LogP contribution in [0.25, 0.3) is 0 Å². The van der Waals surface area contributed by atoms with Gasteiger partial charge in [0.05, 0.1) is 0 Å². The maximum Gasteiger partial charge on any atom is 0.191 e. The molecule has 2 N–H and O–H groups in total. The minimum absolute atomic E-state index is 0.630. The average molecular weight is 358 g/mol. The Morgan fingerprint density at radius 1 is 1.19 bits per heavy atom. The summed E-state index contributed by atoms with van der Waals surface area (Å²) in [6, 6.07) is 9.49. The normalized spacial score (nSPS) is 23.8. The van der Waals surface area contributed by atoms with Crippen LogP contribution in [0.15, 0.2) is 29.3 Å². The van der Waals surface area contributed by atoms with E-state index < -0.39 is 0 Å². The molecule has 2 aliphatic rings. The lowest BCUT2D eigenvalue weighted by molar-refractivity contribution is 0.253. The summed E-state index contributed by atoms with van der Waals surface area (Å²) < 4.78 is 0. The van der Waals surface area contributed by atoms with Gasteiger partial charge in [-0.25, -0.2) is 0 Å². The monoisotopic (exact) mass is 357 g/mol. The highest BCUT2D eigenvalue weighted by Crippen LogP contribution is 2.28. The predicted molar refractivity (Wildman–Crippen MR) is 111 cm³/mol. The molecule has 1 saturated heterocycles. The molecule has 2 fully saturated rings. The number of nitrogens with zero attached hydrogens (tertiary/aromatic N) is 3. The molecule has 1 saturated carbocycles. The fourth-order valence-electron chi connectivity index (χ4n) is 3.61. The fraction of sp³-hybridized carbons (Fsp3) is 0.667. The summed E-state index contributed by atoms with van der Waals surface area (Å²) in [4.78, 5) is 9.43. The van der Waals surface area contributed by atoms with Crippen molar-refractivity contribution in [2.45, 2.75) is 39.2 Å². The largest absolute Gasteiger partial charge is 0.369 e. The van der Waals surface area contributed by atoms with Crippen molar-refractivity contribution in [1.29, 1.82) is 0 Å². The number of hydrogen-bond donors (Lipinski definition) is 2. The van der Waals surface area contributed by atoms with Gasteiger partial charge in [-0.15, -0.1) is 0 Å². The van der Waals surface area contributed by atoms with E-state index in [1.807, 2.05) is 7.05 Å².